The van der Waals surface area contributed by atoms with E-state index in [2.05, 4.69) is 5.32 Å². The third-order valence-corrected chi connectivity index (χ3v) is 5.35. The first-order valence-corrected chi connectivity index (χ1v) is 8.84. The number of carbonyl (C=O) groups is 1. The third kappa shape index (κ3) is 3.09. The molecule has 4 nitrogen and oxygen atoms in total. The Morgan fingerprint density at radius 2 is 2.04 bits per heavy atom. The van der Waals surface area contributed by atoms with Crippen molar-refractivity contribution in [1.82, 2.24) is 3.96 Å². The van der Waals surface area contributed by atoms with Crippen molar-refractivity contribution in [2.75, 3.05) is 5.32 Å². The van der Waals surface area contributed by atoms with Gasteiger partial charge in [-0.25, -0.2) is 0 Å². The van der Waals surface area contributed by atoms with E-state index < -0.39 is 6.04 Å². The fourth-order valence-electron chi connectivity index (χ4n) is 2.60. The van der Waals surface area contributed by atoms with Crippen LogP contribution in [0.2, 0.25) is 5.02 Å². The summed E-state index contributed by atoms with van der Waals surface area (Å²) >= 11 is 7.33. The first-order valence-electron chi connectivity index (χ1n) is 7.69. The van der Waals surface area contributed by atoms with Gasteiger partial charge in [0.05, 0.1) is 10.1 Å². The highest BCUT2D eigenvalue weighted by Crippen LogP contribution is 2.25. The van der Waals surface area contributed by atoms with E-state index in [0.717, 1.165) is 10.3 Å². The number of amides is 1. The molecular weight excluding hydrogens is 344 g/mol. The second-order valence-electron chi connectivity index (χ2n) is 5.59. The predicted molar refractivity (Wildman–Crippen MR) is 100 cm³/mol. The summed E-state index contributed by atoms with van der Waals surface area (Å²) in [4.78, 5) is 25.3. The minimum atomic E-state index is -0.548. The first kappa shape index (κ1) is 16.7. The van der Waals surface area contributed by atoms with Crippen molar-refractivity contribution >= 4 is 44.8 Å². The van der Waals surface area contributed by atoms with E-state index in [1.54, 1.807) is 22.2 Å². The lowest BCUT2D eigenvalue weighted by Crippen LogP contribution is -2.30. The highest BCUT2D eigenvalue weighted by atomic mass is 35.5. The van der Waals surface area contributed by atoms with Crippen molar-refractivity contribution in [1.29, 1.82) is 0 Å². The number of benzene rings is 2. The molecule has 3 aromatic rings. The molecule has 0 saturated heterocycles. The number of carbonyl (C=O) groups excluding carboxylic acids is 1. The number of hydrogen-bond acceptors (Lipinski definition) is 3. The molecule has 0 aliphatic heterocycles. The van der Waals surface area contributed by atoms with Gasteiger partial charge in [0.15, 0.2) is 0 Å². The average Bonchev–Trinajstić information content (AvgIpc) is 2.89. The Labute approximate surface area is 148 Å². The topological polar surface area (TPSA) is 51.1 Å². The minimum Gasteiger partial charge on any atom is -0.324 e. The molecule has 3 rings (SSSR count). The molecule has 0 bridgehead atoms. The van der Waals surface area contributed by atoms with E-state index in [0.29, 0.717) is 22.5 Å². The van der Waals surface area contributed by atoms with Crippen molar-refractivity contribution in [2.24, 2.45) is 0 Å². The van der Waals surface area contributed by atoms with E-state index in [-0.39, 0.29) is 11.5 Å². The Morgan fingerprint density at radius 1 is 1.29 bits per heavy atom. The van der Waals surface area contributed by atoms with Crippen LogP contribution < -0.4 is 10.9 Å². The summed E-state index contributed by atoms with van der Waals surface area (Å²) in [7, 11) is 0. The standard InChI is InChI=1S/C18H17ClN2O2S/c1-3-15(17(22)20-14-10-12(19)9-8-11(14)2)21-18(23)13-6-4-5-7-16(13)24-21/h4-10,15H,3H2,1-2H3,(H,20,22)/t15-/m0/s1. The zero-order valence-electron chi connectivity index (χ0n) is 13.4. The van der Waals surface area contributed by atoms with Crippen molar-refractivity contribution in [2.45, 2.75) is 26.3 Å². The number of aryl methyl sites for hydroxylation is 1. The Balaban J connectivity index is 1.95. The number of rotatable bonds is 4. The van der Waals surface area contributed by atoms with Crippen molar-refractivity contribution in [3.05, 3.63) is 63.4 Å². The lowest BCUT2D eigenvalue weighted by molar-refractivity contribution is -0.119. The predicted octanol–water partition coefficient (Wildman–Crippen LogP) is 4.61. The van der Waals surface area contributed by atoms with Crippen LogP contribution in [0.4, 0.5) is 5.69 Å². The number of anilines is 1. The second kappa shape index (κ2) is 6.79. The SMILES string of the molecule is CC[C@@H](C(=O)Nc1cc(Cl)ccc1C)n1sc2ccccc2c1=O. The van der Waals surface area contributed by atoms with Gasteiger partial charge >= 0.3 is 0 Å². The summed E-state index contributed by atoms with van der Waals surface area (Å²) in [5.41, 5.74) is 1.46. The van der Waals surface area contributed by atoms with Gasteiger partial charge in [-0.3, -0.25) is 13.5 Å². The summed E-state index contributed by atoms with van der Waals surface area (Å²) in [6, 6.07) is 12.2. The Hall–Kier alpha value is -2.11. The summed E-state index contributed by atoms with van der Waals surface area (Å²) in [5.74, 6) is -0.212. The summed E-state index contributed by atoms with van der Waals surface area (Å²) in [6.07, 6.45) is 0.526. The number of hydrogen-bond donors (Lipinski definition) is 1. The van der Waals surface area contributed by atoms with Gasteiger partial charge in [-0.15, -0.1) is 0 Å². The quantitative estimate of drug-likeness (QED) is 0.738. The molecule has 0 fully saturated rings. The molecular formula is C18H17ClN2O2S. The molecule has 0 radical (unpaired) electrons. The van der Waals surface area contributed by atoms with E-state index in [1.807, 2.05) is 38.1 Å². The van der Waals surface area contributed by atoms with Crippen LogP contribution in [0.5, 0.6) is 0 Å². The first-order chi connectivity index (χ1) is 11.5. The van der Waals surface area contributed by atoms with Crippen LogP contribution >= 0.6 is 23.1 Å². The molecule has 0 aliphatic rings. The average molecular weight is 361 g/mol. The molecule has 1 atom stereocenters. The number of fused-ring (bicyclic) bond motifs is 1. The molecule has 1 amide bonds. The maximum Gasteiger partial charge on any atom is 0.269 e. The van der Waals surface area contributed by atoms with Gasteiger partial charge in [-0.1, -0.05) is 48.3 Å². The highest BCUT2D eigenvalue weighted by Gasteiger charge is 2.23. The van der Waals surface area contributed by atoms with E-state index in [1.165, 1.54) is 11.5 Å². The van der Waals surface area contributed by atoms with E-state index in [9.17, 15) is 9.59 Å². The molecule has 124 valence electrons. The van der Waals surface area contributed by atoms with Gasteiger partial charge in [0.25, 0.3) is 5.56 Å². The third-order valence-electron chi connectivity index (χ3n) is 3.94. The zero-order chi connectivity index (χ0) is 17.3. The van der Waals surface area contributed by atoms with Crippen LogP contribution in [-0.4, -0.2) is 9.86 Å². The molecule has 0 aliphatic carbocycles. The van der Waals surface area contributed by atoms with Gasteiger partial charge < -0.3 is 5.32 Å². The van der Waals surface area contributed by atoms with Gasteiger partial charge in [0, 0.05) is 10.7 Å². The number of halogens is 1. The summed E-state index contributed by atoms with van der Waals surface area (Å²) in [6.45, 7) is 3.80. The van der Waals surface area contributed by atoms with Crippen molar-refractivity contribution in [3.63, 3.8) is 0 Å². The molecule has 0 unspecified atom stereocenters. The number of aromatic nitrogens is 1. The van der Waals surface area contributed by atoms with Crippen LogP contribution in [0.3, 0.4) is 0 Å². The number of nitrogens with one attached hydrogen (secondary N) is 1. The van der Waals surface area contributed by atoms with Crippen molar-refractivity contribution < 1.29 is 4.79 Å². The molecule has 1 N–H and O–H groups in total. The lowest BCUT2D eigenvalue weighted by Gasteiger charge is -2.16. The van der Waals surface area contributed by atoms with Gasteiger partial charge in [0.1, 0.15) is 6.04 Å². The fraction of sp³-hybridized carbons (Fsp3) is 0.222. The molecule has 1 aromatic heterocycles. The maximum absolute atomic E-state index is 12.7. The van der Waals surface area contributed by atoms with Crippen LogP contribution in [0, 0.1) is 6.92 Å². The van der Waals surface area contributed by atoms with Gasteiger partial charge in [0.2, 0.25) is 5.91 Å². The Kier molecular flexibility index (Phi) is 4.73. The normalized spacial score (nSPS) is 12.3. The molecule has 1 heterocycles. The molecule has 6 heteroatoms. The highest BCUT2D eigenvalue weighted by molar-refractivity contribution is 7.14. The largest absolute Gasteiger partial charge is 0.324 e. The molecule has 2 aromatic carbocycles. The summed E-state index contributed by atoms with van der Waals surface area (Å²) in [5, 5.41) is 4.10. The van der Waals surface area contributed by atoms with Gasteiger partial charge in [-0.05, 0) is 43.2 Å². The van der Waals surface area contributed by atoms with Gasteiger partial charge in [-0.2, -0.15) is 0 Å². The zero-order valence-corrected chi connectivity index (χ0v) is 14.9. The molecule has 0 spiro atoms. The minimum absolute atomic E-state index is 0.125. The van der Waals surface area contributed by atoms with Crippen LogP contribution in [0.1, 0.15) is 24.9 Å². The molecule has 24 heavy (non-hydrogen) atoms. The lowest BCUT2D eigenvalue weighted by atomic mass is 10.1. The molecule has 0 saturated carbocycles. The van der Waals surface area contributed by atoms with Crippen LogP contribution in [0.15, 0.2) is 47.3 Å². The maximum atomic E-state index is 12.7. The fourth-order valence-corrected chi connectivity index (χ4v) is 3.93. The Morgan fingerprint density at radius 3 is 2.75 bits per heavy atom. The second-order valence-corrected chi connectivity index (χ2v) is 7.04. The van der Waals surface area contributed by atoms with Crippen LogP contribution in [0.25, 0.3) is 10.1 Å². The monoisotopic (exact) mass is 360 g/mol. The van der Waals surface area contributed by atoms with Crippen LogP contribution in [-0.2, 0) is 4.79 Å². The van der Waals surface area contributed by atoms with Crippen molar-refractivity contribution in [3.8, 4) is 0 Å². The summed E-state index contributed by atoms with van der Waals surface area (Å²) < 4.78 is 2.44. The Bertz CT molecular complexity index is 961. The van der Waals surface area contributed by atoms with E-state index in [4.69, 9.17) is 11.6 Å². The smallest absolute Gasteiger partial charge is 0.269 e. The van der Waals surface area contributed by atoms with E-state index >= 15 is 0 Å². The number of nitrogens with zero attached hydrogens (tertiary/aromatic N) is 1.